The van der Waals surface area contributed by atoms with Gasteiger partial charge in [0.1, 0.15) is 5.75 Å². The van der Waals surface area contributed by atoms with E-state index >= 15 is 0 Å². The van der Waals surface area contributed by atoms with Crippen LogP contribution in [0.3, 0.4) is 0 Å². The number of amides is 2. The molecule has 30 heavy (non-hydrogen) atoms. The average Bonchev–Trinajstić information content (AvgIpc) is 2.73. The fourth-order valence-electron chi connectivity index (χ4n) is 3.30. The van der Waals surface area contributed by atoms with Crippen LogP contribution in [0.15, 0.2) is 42.5 Å². The Morgan fingerprint density at radius 3 is 2.30 bits per heavy atom. The summed E-state index contributed by atoms with van der Waals surface area (Å²) < 4.78 is 5.32. The molecule has 0 aromatic heterocycles. The van der Waals surface area contributed by atoms with Gasteiger partial charge < -0.3 is 19.9 Å². The molecule has 0 radical (unpaired) electrons. The van der Waals surface area contributed by atoms with E-state index < -0.39 is 5.41 Å². The minimum atomic E-state index is -0.477. The fourth-order valence-corrected chi connectivity index (χ4v) is 3.60. The number of halogens is 1. The molecule has 6 nitrogen and oxygen atoms in total. The molecule has 1 aliphatic rings. The van der Waals surface area contributed by atoms with Crippen molar-refractivity contribution >= 4 is 34.8 Å². The van der Waals surface area contributed by atoms with E-state index in [2.05, 4.69) is 10.2 Å². The third-order valence-corrected chi connectivity index (χ3v) is 5.43. The molecule has 2 aromatic carbocycles. The number of piperazine rings is 1. The third-order valence-electron chi connectivity index (χ3n) is 5.13. The maximum atomic E-state index is 12.9. The molecule has 0 saturated carbocycles. The average molecular weight is 430 g/mol. The van der Waals surface area contributed by atoms with Crippen molar-refractivity contribution in [3.8, 4) is 5.75 Å². The van der Waals surface area contributed by atoms with Crippen LogP contribution in [0, 0.1) is 5.41 Å². The summed E-state index contributed by atoms with van der Waals surface area (Å²) in [6.07, 6.45) is 0. The first kappa shape index (κ1) is 22.0. The zero-order valence-corrected chi connectivity index (χ0v) is 18.6. The molecule has 7 heteroatoms. The second-order valence-corrected chi connectivity index (χ2v) is 8.76. The molecular weight excluding hydrogens is 402 g/mol. The first-order chi connectivity index (χ1) is 14.2. The van der Waals surface area contributed by atoms with Crippen LogP contribution in [-0.2, 0) is 4.79 Å². The highest BCUT2D eigenvalue weighted by atomic mass is 35.5. The van der Waals surface area contributed by atoms with Crippen molar-refractivity contribution in [3.63, 3.8) is 0 Å². The number of carbonyl (C=O) groups excluding carboxylic acids is 2. The Kier molecular flexibility index (Phi) is 6.56. The van der Waals surface area contributed by atoms with Crippen molar-refractivity contribution in [2.24, 2.45) is 5.41 Å². The Hall–Kier alpha value is -2.73. The number of carbonyl (C=O) groups is 2. The first-order valence-electron chi connectivity index (χ1n) is 9.99. The predicted octanol–water partition coefficient (Wildman–Crippen LogP) is 4.30. The third kappa shape index (κ3) is 4.87. The van der Waals surface area contributed by atoms with Gasteiger partial charge in [-0.05, 0) is 30.3 Å². The summed E-state index contributed by atoms with van der Waals surface area (Å²) in [6.45, 7) is 8.13. The van der Waals surface area contributed by atoms with E-state index in [1.165, 1.54) is 0 Å². The predicted molar refractivity (Wildman–Crippen MR) is 121 cm³/mol. The van der Waals surface area contributed by atoms with Crippen molar-refractivity contribution in [2.45, 2.75) is 20.8 Å². The molecule has 0 unspecified atom stereocenters. The zero-order valence-electron chi connectivity index (χ0n) is 17.9. The topological polar surface area (TPSA) is 61.9 Å². The van der Waals surface area contributed by atoms with Gasteiger partial charge in [0, 0.05) is 37.3 Å². The number of nitrogens with zero attached hydrogens (tertiary/aromatic N) is 2. The van der Waals surface area contributed by atoms with E-state index in [4.69, 9.17) is 16.3 Å². The van der Waals surface area contributed by atoms with Crippen LogP contribution in [0.1, 0.15) is 31.1 Å². The van der Waals surface area contributed by atoms with Crippen LogP contribution in [0.4, 0.5) is 11.4 Å². The number of hydrogen-bond donors (Lipinski definition) is 1. The Morgan fingerprint density at radius 1 is 1.03 bits per heavy atom. The van der Waals surface area contributed by atoms with Crippen molar-refractivity contribution in [1.82, 2.24) is 4.90 Å². The van der Waals surface area contributed by atoms with Gasteiger partial charge in [0.15, 0.2) is 0 Å². The van der Waals surface area contributed by atoms with Crippen LogP contribution < -0.4 is 15.0 Å². The second kappa shape index (κ2) is 8.96. The van der Waals surface area contributed by atoms with E-state index in [0.717, 1.165) is 5.69 Å². The van der Waals surface area contributed by atoms with Gasteiger partial charge in [0.05, 0.1) is 23.4 Å². The van der Waals surface area contributed by atoms with Crippen molar-refractivity contribution in [1.29, 1.82) is 0 Å². The Bertz CT molecular complexity index is 932. The van der Waals surface area contributed by atoms with E-state index in [0.29, 0.717) is 48.2 Å². The summed E-state index contributed by atoms with van der Waals surface area (Å²) in [7, 11) is 1.57. The lowest BCUT2D eigenvalue weighted by atomic mass is 9.95. The summed E-state index contributed by atoms with van der Waals surface area (Å²) in [4.78, 5) is 29.1. The van der Waals surface area contributed by atoms with Crippen LogP contribution in [0.2, 0.25) is 5.02 Å². The molecule has 0 atom stereocenters. The number of hydrogen-bond acceptors (Lipinski definition) is 4. The zero-order chi connectivity index (χ0) is 21.9. The molecule has 160 valence electrons. The van der Waals surface area contributed by atoms with Gasteiger partial charge >= 0.3 is 0 Å². The quantitative estimate of drug-likeness (QED) is 0.787. The minimum Gasteiger partial charge on any atom is -0.496 e. The molecule has 1 fully saturated rings. The Labute approximate surface area is 182 Å². The van der Waals surface area contributed by atoms with Crippen LogP contribution in [-0.4, -0.2) is 50.0 Å². The van der Waals surface area contributed by atoms with Gasteiger partial charge in [-0.25, -0.2) is 0 Å². The van der Waals surface area contributed by atoms with Gasteiger partial charge in [-0.2, -0.15) is 0 Å². The standard InChI is InChI=1S/C23H28ClN3O3/c1-23(2,3)22(29)25-16-9-10-19(18(24)15-16)26-11-13-27(14-12-26)21(28)17-7-5-6-8-20(17)30-4/h5-10,15H,11-14H2,1-4H3,(H,25,29). The number of ether oxygens (including phenoxy) is 1. The Morgan fingerprint density at radius 2 is 1.70 bits per heavy atom. The lowest BCUT2D eigenvalue weighted by molar-refractivity contribution is -0.123. The SMILES string of the molecule is COc1ccccc1C(=O)N1CCN(c2ccc(NC(=O)C(C)(C)C)cc2Cl)CC1. The van der Waals surface area contributed by atoms with E-state index in [9.17, 15) is 9.59 Å². The van der Waals surface area contributed by atoms with Gasteiger partial charge in [-0.1, -0.05) is 44.5 Å². The lowest BCUT2D eigenvalue weighted by Crippen LogP contribution is -2.49. The molecule has 0 bridgehead atoms. The van der Waals surface area contributed by atoms with E-state index in [-0.39, 0.29) is 11.8 Å². The highest BCUT2D eigenvalue weighted by Crippen LogP contribution is 2.31. The number of para-hydroxylation sites is 1. The Balaban J connectivity index is 1.65. The summed E-state index contributed by atoms with van der Waals surface area (Å²) in [5.74, 6) is 0.495. The number of methoxy groups -OCH3 is 1. The normalized spacial score (nSPS) is 14.4. The molecule has 1 aliphatic heterocycles. The van der Waals surface area contributed by atoms with Crippen LogP contribution in [0.25, 0.3) is 0 Å². The summed E-state index contributed by atoms with van der Waals surface area (Å²) in [6, 6.07) is 12.8. The maximum Gasteiger partial charge on any atom is 0.257 e. The largest absolute Gasteiger partial charge is 0.496 e. The van der Waals surface area contributed by atoms with E-state index in [1.54, 1.807) is 25.3 Å². The summed E-state index contributed by atoms with van der Waals surface area (Å²) in [5, 5.41) is 3.47. The molecule has 2 aromatic rings. The van der Waals surface area contributed by atoms with Crippen molar-refractivity contribution in [2.75, 3.05) is 43.5 Å². The lowest BCUT2D eigenvalue weighted by Gasteiger charge is -2.36. The minimum absolute atomic E-state index is 0.0292. The van der Waals surface area contributed by atoms with Crippen LogP contribution in [0.5, 0.6) is 5.75 Å². The highest BCUT2D eigenvalue weighted by Gasteiger charge is 2.26. The molecule has 0 aliphatic carbocycles. The number of rotatable bonds is 4. The van der Waals surface area contributed by atoms with Gasteiger partial charge in [0.2, 0.25) is 5.91 Å². The smallest absolute Gasteiger partial charge is 0.257 e. The highest BCUT2D eigenvalue weighted by molar-refractivity contribution is 6.33. The fraction of sp³-hybridized carbons (Fsp3) is 0.391. The first-order valence-corrected chi connectivity index (χ1v) is 10.4. The van der Waals surface area contributed by atoms with Crippen molar-refractivity contribution in [3.05, 3.63) is 53.1 Å². The van der Waals surface area contributed by atoms with Crippen LogP contribution >= 0.6 is 11.6 Å². The summed E-state index contributed by atoms with van der Waals surface area (Å²) >= 11 is 6.50. The maximum absolute atomic E-state index is 12.9. The second-order valence-electron chi connectivity index (χ2n) is 8.35. The molecule has 0 spiro atoms. The van der Waals surface area contributed by atoms with Gasteiger partial charge in [-0.15, -0.1) is 0 Å². The molecule has 1 saturated heterocycles. The molecule has 2 amide bonds. The number of benzene rings is 2. The van der Waals surface area contributed by atoms with Gasteiger partial charge in [0.25, 0.3) is 5.91 Å². The molecule has 1 heterocycles. The summed E-state index contributed by atoms with van der Waals surface area (Å²) in [5.41, 5.74) is 1.67. The monoisotopic (exact) mass is 429 g/mol. The number of anilines is 2. The number of nitrogens with one attached hydrogen (secondary N) is 1. The molecular formula is C23H28ClN3O3. The van der Waals surface area contributed by atoms with E-state index in [1.807, 2.05) is 49.9 Å². The van der Waals surface area contributed by atoms with Gasteiger partial charge in [-0.3, -0.25) is 9.59 Å². The molecule has 3 rings (SSSR count). The van der Waals surface area contributed by atoms with Crippen molar-refractivity contribution < 1.29 is 14.3 Å². The molecule has 1 N–H and O–H groups in total.